The summed E-state index contributed by atoms with van der Waals surface area (Å²) >= 11 is 0. The number of amides is 1. The van der Waals surface area contributed by atoms with E-state index in [4.69, 9.17) is 13.9 Å². The van der Waals surface area contributed by atoms with Crippen molar-refractivity contribution in [3.05, 3.63) is 70.1 Å². The SMILES string of the molecule is CCOC(=O)c1ccc(NC(=O)C(C)Oc2ccc3c(C)cc(=O)oc3c2)cc1. The van der Waals surface area contributed by atoms with Gasteiger partial charge in [-0.2, -0.15) is 0 Å². The Morgan fingerprint density at radius 2 is 1.83 bits per heavy atom. The van der Waals surface area contributed by atoms with E-state index in [0.717, 1.165) is 10.9 Å². The van der Waals surface area contributed by atoms with Crippen LogP contribution < -0.4 is 15.7 Å². The van der Waals surface area contributed by atoms with Crippen molar-refractivity contribution in [3.63, 3.8) is 0 Å². The number of carbonyl (C=O) groups excluding carboxylic acids is 2. The van der Waals surface area contributed by atoms with Crippen molar-refractivity contribution in [2.75, 3.05) is 11.9 Å². The molecule has 1 N–H and O–H groups in total. The molecule has 0 aliphatic carbocycles. The molecule has 7 nitrogen and oxygen atoms in total. The summed E-state index contributed by atoms with van der Waals surface area (Å²) in [4.78, 5) is 35.6. The van der Waals surface area contributed by atoms with Crippen LogP contribution in [0.1, 0.15) is 29.8 Å². The van der Waals surface area contributed by atoms with Crippen LogP contribution in [0.3, 0.4) is 0 Å². The molecular weight excluding hydrogens is 374 g/mol. The number of nitrogens with one attached hydrogen (secondary N) is 1. The second-order valence-electron chi connectivity index (χ2n) is 6.45. The van der Waals surface area contributed by atoms with Gasteiger partial charge in [0, 0.05) is 23.2 Å². The fourth-order valence-electron chi connectivity index (χ4n) is 2.78. The van der Waals surface area contributed by atoms with E-state index in [0.29, 0.717) is 29.2 Å². The normalized spacial score (nSPS) is 11.7. The van der Waals surface area contributed by atoms with Crippen molar-refractivity contribution in [2.24, 2.45) is 0 Å². The second kappa shape index (κ2) is 8.60. The zero-order chi connectivity index (χ0) is 21.0. The molecule has 0 bridgehead atoms. The average Bonchev–Trinajstić information content (AvgIpc) is 2.68. The number of carbonyl (C=O) groups is 2. The molecule has 0 saturated carbocycles. The van der Waals surface area contributed by atoms with E-state index in [-0.39, 0.29) is 5.91 Å². The number of hydrogen-bond acceptors (Lipinski definition) is 6. The van der Waals surface area contributed by atoms with E-state index in [1.807, 2.05) is 6.92 Å². The topological polar surface area (TPSA) is 94.8 Å². The van der Waals surface area contributed by atoms with Gasteiger partial charge in [-0.3, -0.25) is 4.79 Å². The number of benzene rings is 2. The van der Waals surface area contributed by atoms with Gasteiger partial charge in [-0.15, -0.1) is 0 Å². The molecule has 29 heavy (non-hydrogen) atoms. The fraction of sp³-hybridized carbons (Fsp3) is 0.227. The van der Waals surface area contributed by atoms with Crippen LogP contribution in [-0.4, -0.2) is 24.6 Å². The summed E-state index contributed by atoms with van der Waals surface area (Å²) in [6, 6.07) is 12.9. The predicted molar refractivity (Wildman–Crippen MR) is 108 cm³/mol. The predicted octanol–water partition coefficient (Wildman–Crippen LogP) is 3.68. The minimum absolute atomic E-state index is 0.296. The highest BCUT2D eigenvalue weighted by atomic mass is 16.5. The van der Waals surface area contributed by atoms with Crippen molar-refractivity contribution >= 4 is 28.5 Å². The van der Waals surface area contributed by atoms with Crippen LogP contribution in [0.15, 0.2) is 57.7 Å². The second-order valence-corrected chi connectivity index (χ2v) is 6.45. The number of ether oxygens (including phenoxy) is 2. The van der Waals surface area contributed by atoms with Gasteiger partial charge < -0.3 is 19.2 Å². The Kier molecular flexibility index (Phi) is 5.97. The van der Waals surface area contributed by atoms with Gasteiger partial charge in [0.1, 0.15) is 11.3 Å². The Labute approximate surface area is 167 Å². The van der Waals surface area contributed by atoms with Gasteiger partial charge in [-0.1, -0.05) is 0 Å². The van der Waals surface area contributed by atoms with Crippen molar-refractivity contribution in [2.45, 2.75) is 26.9 Å². The Balaban J connectivity index is 1.67. The molecule has 150 valence electrons. The summed E-state index contributed by atoms with van der Waals surface area (Å²) in [5.41, 5.74) is 1.69. The van der Waals surface area contributed by atoms with Gasteiger partial charge in [0.15, 0.2) is 6.10 Å². The van der Waals surface area contributed by atoms with Crippen LogP contribution in [0.25, 0.3) is 11.0 Å². The summed E-state index contributed by atoms with van der Waals surface area (Å²) in [6.45, 7) is 5.46. The van der Waals surface area contributed by atoms with Gasteiger partial charge in [0.25, 0.3) is 5.91 Å². The fourth-order valence-corrected chi connectivity index (χ4v) is 2.78. The number of esters is 1. The standard InChI is InChI=1S/C22H21NO6/c1-4-27-22(26)15-5-7-16(8-6-15)23-21(25)14(3)28-17-9-10-18-13(2)11-20(24)29-19(18)12-17/h5-12,14H,4H2,1-3H3,(H,23,25). The van der Waals surface area contributed by atoms with E-state index in [2.05, 4.69) is 5.32 Å². The minimum atomic E-state index is -0.797. The van der Waals surface area contributed by atoms with Crippen molar-refractivity contribution in [3.8, 4) is 5.75 Å². The number of fused-ring (bicyclic) bond motifs is 1. The van der Waals surface area contributed by atoms with Crippen LogP contribution in [0, 0.1) is 6.92 Å². The first-order chi connectivity index (χ1) is 13.9. The maximum absolute atomic E-state index is 12.4. The molecule has 0 aliphatic heterocycles. The van der Waals surface area contributed by atoms with Crippen molar-refractivity contribution in [1.29, 1.82) is 0 Å². The Morgan fingerprint density at radius 1 is 1.10 bits per heavy atom. The maximum atomic E-state index is 12.4. The van der Waals surface area contributed by atoms with E-state index in [9.17, 15) is 14.4 Å². The minimum Gasteiger partial charge on any atom is -0.481 e. The summed E-state index contributed by atoms with van der Waals surface area (Å²) in [5.74, 6) is -0.369. The average molecular weight is 395 g/mol. The quantitative estimate of drug-likeness (QED) is 0.505. The first kappa shape index (κ1) is 20.1. The molecule has 0 fully saturated rings. The molecule has 3 aromatic rings. The monoisotopic (exact) mass is 395 g/mol. The number of aryl methyl sites for hydroxylation is 1. The Bertz CT molecular complexity index is 1100. The summed E-state index contributed by atoms with van der Waals surface area (Å²) < 4.78 is 15.8. The van der Waals surface area contributed by atoms with Crippen LogP contribution in [0.4, 0.5) is 5.69 Å². The molecule has 1 aromatic heterocycles. The van der Waals surface area contributed by atoms with Crippen molar-refractivity contribution < 1.29 is 23.5 Å². The molecule has 1 amide bonds. The molecule has 0 radical (unpaired) electrons. The van der Waals surface area contributed by atoms with E-state index in [1.165, 1.54) is 6.07 Å². The lowest BCUT2D eigenvalue weighted by atomic mass is 10.1. The molecule has 2 aromatic carbocycles. The summed E-state index contributed by atoms with van der Waals surface area (Å²) in [5, 5.41) is 3.53. The lowest BCUT2D eigenvalue weighted by molar-refractivity contribution is -0.122. The van der Waals surface area contributed by atoms with Crippen LogP contribution in [0.2, 0.25) is 0 Å². The van der Waals surface area contributed by atoms with Gasteiger partial charge in [0.2, 0.25) is 0 Å². The molecule has 0 spiro atoms. The van der Waals surface area contributed by atoms with Gasteiger partial charge in [-0.05, 0) is 62.7 Å². The molecule has 7 heteroatoms. The number of hydrogen-bond donors (Lipinski definition) is 1. The first-order valence-corrected chi connectivity index (χ1v) is 9.16. The highest BCUT2D eigenvalue weighted by Crippen LogP contribution is 2.23. The van der Waals surface area contributed by atoms with Crippen molar-refractivity contribution in [1.82, 2.24) is 0 Å². The van der Waals surface area contributed by atoms with E-state index in [1.54, 1.807) is 56.3 Å². The highest BCUT2D eigenvalue weighted by Gasteiger charge is 2.16. The zero-order valence-corrected chi connectivity index (χ0v) is 16.4. The van der Waals surface area contributed by atoms with Gasteiger partial charge in [-0.25, -0.2) is 9.59 Å². The van der Waals surface area contributed by atoms with E-state index < -0.39 is 17.7 Å². The van der Waals surface area contributed by atoms with Crippen LogP contribution in [0.5, 0.6) is 5.75 Å². The molecule has 1 atom stereocenters. The third kappa shape index (κ3) is 4.82. The number of anilines is 1. The smallest absolute Gasteiger partial charge is 0.338 e. The summed E-state index contributed by atoms with van der Waals surface area (Å²) in [7, 11) is 0. The lowest BCUT2D eigenvalue weighted by Crippen LogP contribution is -2.30. The summed E-state index contributed by atoms with van der Waals surface area (Å²) in [6.07, 6.45) is -0.797. The zero-order valence-electron chi connectivity index (χ0n) is 16.4. The largest absolute Gasteiger partial charge is 0.481 e. The van der Waals surface area contributed by atoms with Crippen LogP contribution >= 0.6 is 0 Å². The first-order valence-electron chi connectivity index (χ1n) is 9.16. The van der Waals surface area contributed by atoms with Gasteiger partial charge in [0.05, 0.1) is 12.2 Å². The Morgan fingerprint density at radius 3 is 2.52 bits per heavy atom. The molecular formula is C22H21NO6. The third-order valence-corrected chi connectivity index (χ3v) is 4.27. The number of rotatable bonds is 6. The molecule has 1 heterocycles. The van der Waals surface area contributed by atoms with Crippen LogP contribution in [-0.2, 0) is 9.53 Å². The maximum Gasteiger partial charge on any atom is 0.338 e. The third-order valence-electron chi connectivity index (χ3n) is 4.27. The Hall–Kier alpha value is -3.61. The molecule has 1 unspecified atom stereocenters. The molecule has 3 rings (SSSR count). The lowest BCUT2D eigenvalue weighted by Gasteiger charge is -2.15. The van der Waals surface area contributed by atoms with Gasteiger partial charge >= 0.3 is 11.6 Å². The molecule has 0 saturated heterocycles. The van der Waals surface area contributed by atoms with E-state index >= 15 is 0 Å². The highest BCUT2D eigenvalue weighted by molar-refractivity contribution is 5.95. The molecule has 0 aliphatic rings.